The summed E-state index contributed by atoms with van der Waals surface area (Å²) in [4.78, 5) is 0. The fourth-order valence-corrected chi connectivity index (χ4v) is 1.90. The van der Waals surface area contributed by atoms with Crippen molar-refractivity contribution in [2.75, 3.05) is 6.61 Å². The van der Waals surface area contributed by atoms with Gasteiger partial charge in [0.2, 0.25) is 0 Å². The van der Waals surface area contributed by atoms with E-state index in [1.807, 2.05) is 6.07 Å². The predicted molar refractivity (Wildman–Crippen MR) is 62.0 cm³/mol. The van der Waals surface area contributed by atoms with Crippen LogP contribution in [0.5, 0.6) is 5.75 Å². The van der Waals surface area contributed by atoms with E-state index in [0.717, 1.165) is 18.8 Å². The molecule has 0 amide bonds. The molecule has 0 aromatic heterocycles. The molecule has 82 valence electrons. The average molecular weight is 205 g/mol. The first-order valence-corrected chi connectivity index (χ1v) is 5.50. The molecular formula is C13H19NO. The molecule has 0 spiro atoms. The van der Waals surface area contributed by atoms with Gasteiger partial charge in [0.1, 0.15) is 5.75 Å². The molecule has 1 aromatic rings. The minimum Gasteiger partial charge on any atom is -0.493 e. The first kappa shape index (κ1) is 10.5. The Morgan fingerprint density at radius 3 is 2.73 bits per heavy atom. The highest BCUT2D eigenvalue weighted by Gasteiger charge is 2.23. The van der Waals surface area contributed by atoms with Crippen molar-refractivity contribution < 1.29 is 4.74 Å². The average Bonchev–Trinajstić information content (AvgIpc) is 2.61. The molecule has 0 bridgehead atoms. The molecule has 1 aromatic carbocycles. The van der Waals surface area contributed by atoms with Crippen molar-refractivity contribution >= 4 is 0 Å². The molecule has 1 aliphatic rings. The zero-order chi connectivity index (χ0) is 11.1. The van der Waals surface area contributed by atoms with Crippen LogP contribution in [-0.2, 0) is 6.42 Å². The molecule has 0 radical (unpaired) electrons. The van der Waals surface area contributed by atoms with Gasteiger partial charge in [-0.15, -0.1) is 0 Å². The van der Waals surface area contributed by atoms with E-state index in [4.69, 9.17) is 10.5 Å². The van der Waals surface area contributed by atoms with E-state index in [1.165, 1.54) is 11.1 Å². The Bertz CT molecular complexity index is 365. The third kappa shape index (κ3) is 2.00. The van der Waals surface area contributed by atoms with Crippen LogP contribution in [0.15, 0.2) is 18.2 Å². The van der Waals surface area contributed by atoms with Gasteiger partial charge in [-0.2, -0.15) is 0 Å². The van der Waals surface area contributed by atoms with Gasteiger partial charge in [-0.1, -0.05) is 32.9 Å². The van der Waals surface area contributed by atoms with Crippen molar-refractivity contribution in [3.05, 3.63) is 29.3 Å². The van der Waals surface area contributed by atoms with E-state index in [2.05, 4.69) is 32.9 Å². The predicted octanol–water partition coefficient (Wildman–Crippen LogP) is 2.67. The van der Waals surface area contributed by atoms with Crippen molar-refractivity contribution in [1.29, 1.82) is 0 Å². The van der Waals surface area contributed by atoms with Crippen LogP contribution in [0.4, 0.5) is 0 Å². The van der Waals surface area contributed by atoms with Crippen LogP contribution in [0.25, 0.3) is 0 Å². The third-order valence-corrected chi connectivity index (χ3v) is 3.01. The number of ether oxygens (including phenoxy) is 1. The number of hydrogen-bond donors (Lipinski definition) is 1. The van der Waals surface area contributed by atoms with E-state index in [1.54, 1.807) is 0 Å². The fraction of sp³-hybridized carbons (Fsp3) is 0.538. The van der Waals surface area contributed by atoms with Crippen LogP contribution in [-0.4, -0.2) is 6.61 Å². The van der Waals surface area contributed by atoms with Gasteiger partial charge < -0.3 is 10.5 Å². The summed E-state index contributed by atoms with van der Waals surface area (Å²) in [5.41, 5.74) is 8.84. The van der Waals surface area contributed by atoms with Crippen LogP contribution in [0.2, 0.25) is 0 Å². The zero-order valence-electron chi connectivity index (χ0n) is 9.71. The Balaban J connectivity index is 2.31. The highest BCUT2D eigenvalue weighted by molar-refractivity contribution is 5.41. The molecule has 2 N–H and O–H groups in total. The molecule has 15 heavy (non-hydrogen) atoms. The van der Waals surface area contributed by atoms with Crippen molar-refractivity contribution in [2.45, 2.75) is 33.2 Å². The lowest BCUT2D eigenvalue weighted by atomic mass is 9.82. The van der Waals surface area contributed by atoms with Crippen LogP contribution in [0.3, 0.4) is 0 Å². The van der Waals surface area contributed by atoms with E-state index in [0.29, 0.717) is 0 Å². The topological polar surface area (TPSA) is 35.2 Å². The second kappa shape index (κ2) is 3.53. The monoisotopic (exact) mass is 205 g/mol. The first-order valence-electron chi connectivity index (χ1n) is 5.50. The maximum atomic E-state index is 6.23. The zero-order valence-corrected chi connectivity index (χ0v) is 9.71. The highest BCUT2D eigenvalue weighted by atomic mass is 16.5. The van der Waals surface area contributed by atoms with Crippen LogP contribution < -0.4 is 10.5 Å². The van der Waals surface area contributed by atoms with Gasteiger partial charge >= 0.3 is 0 Å². The number of hydrogen-bond acceptors (Lipinski definition) is 2. The molecule has 2 heteroatoms. The highest BCUT2D eigenvalue weighted by Crippen LogP contribution is 2.34. The maximum Gasteiger partial charge on any atom is 0.122 e. The first-order chi connectivity index (χ1) is 6.98. The lowest BCUT2D eigenvalue weighted by Gasteiger charge is -2.27. The summed E-state index contributed by atoms with van der Waals surface area (Å²) in [5, 5.41) is 0. The van der Waals surface area contributed by atoms with Gasteiger partial charge in [0.05, 0.1) is 6.61 Å². The second-order valence-electron chi connectivity index (χ2n) is 5.31. The van der Waals surface area contributed by atoms with Crippen molar-refractivity contribution in [3.63, 3.8) is 0 Å². The van der Waals surface area contributed by atoms with Gasteiger partial charge in [0.15, 0.2) is 0 Å². The molecule has 1 aliphatic heterocycles. The Morgan fingerprint density at radius 1 is 1.33 bits per heavy atom. The van der Waals surface area contributed by atoms with Gasteiger partial charge in [-0.05, 0) is 22.6 Å². The van der Waals surface area contributed by atoms with Gasteiger partial charge in [-0.3, -0.25) is 0 Å². The SMILES string of the molecule is CC(C)(C)C(N)c1ccc2c(c1)CCO2. The Labute approximate surface area is 91.4 Å². The molecule has 0 saturated heterocycles. The lowest BCUT2D eigenvalue weighted by molar-refractivity contribution is 0.326. The number of rotatable bonds is 1. The second-order valence-corrected chi connectivity index (χ2v) is 5.31. The van der Waals surface area contributed by atoms with E-state index >= 15 is 0 Å². The fourth-order valence-electron chi connectivity index (χ4n) is 1.90. The van der Waals surface area contributed by atoms with Crippen LogP contribution >= 0.6 is 0 Å². The summed E-state index contributed by atoms with van der Waals surface area (Å²) in [6.07, 6.45) is 1.01. The van der Waals surface area contributed by atoms with Gasteiger partial charge in [0, 0.05) is 12.5 Å². The smallest absolute Gasteiger partial charge is 0.122 e. The molecule has 1 unspecified atom stereocenters. The summed E-state index contributed by atoms with van der Waals surface area (Å²) in [6, 6.07) is 6.41. The molecule has 1 heterocycles. The standard InChI is InChI=1S/C13H19NO/c1-13(2,3)12(14)10-4-5-11-9(8-10)6-7-15-11/h4-5,8,12H,6-7,14H2,1-3H3. The van der Waals surface area contributed by atoms with Crippen LogP contribution in [0, 0.1) is 5.41 Å². The van der Waals surface area contributed by atoms with Gasteiger partial charge in [-0.25, -0.2) is 0 Å². The molecule has 0 fully saturated rings. The number of nitrogens with two attached hydrogens (primary N) is 1. The molecule has 1 atom stereocenters. The van der Waals surface area contributed by atoms with E-state index in [-0.39, 0.29) is 11.5 Å². The van der Waals surface area contributed by atoms with Crippen molar-refractivity contribution in [2.24, 2.45) is 11.1 Å². The quantitative estimate of drug-likeness (QED) is 0.765. The summed E-state index contributed by atoms with van der Waals surface area (Å²) in [7, 11) is 0. The molecule has 0 aliphatic carbocycles. The molecule has 2 rings (SSSR count). The molecule has 2 nitrogen and oxygen atoms in total. The number of fused-ring (bicyclic) bond motifs is 1. The Morgan fingerprint density at radius 2 is 2.07 bits per heavy atom. The minimum absolute atomic E-state index is 0.0865. The lowest BCUT2D eigenvalue weighted by Crippen LogP contribution is -2.26. The summed E-state index contributed by atoms with van der Waals surface area (Å²) < 4.78 is 5.48. The normalized spacial score (nSPS) is 17.1. The maximum absolute atomic E-state index is 6.23. The molecular weight excluding hydrogens is 186 g/mol. The summed E-state index contributed by atoms with van der Waals surface area (Å²) in [5.74, 6) is 1.03. The van der Waals surface area contributed by atoms with Crippen molar-refractivity contribution in [1.82, 2.24) is 0 Å². The van der Waals surface area contributed by atoms with E-state index in [9.17, 15) is 0 Å². The third-order valence-electron chi connectivity index (χ3n) is 3.01. The summed E-state index contributed by atoms with van der Waals surface area (Å²) in [6.45, 7) is 7.31. The Kier molecular flexibility index (Phi) is 2.47. The largest absolute Gasteiger partial charge is 0.493 e. The van der Waals surface area contributed by atoms with Crippen LogP contribution in [0.1, 0.15) is 37.9 Å². The minimum atomic E-state index is 0.0865. The molecule has 0 saturated carbocycles. The van der Waals surface area contributed by atoms with Crippen molar-refractivity contribution in [3.8, 4) is 5.75 Å². The van der Waals surface area contributed by atoms with E-state index < -0.39 is 0 Å². The number of benzene rings is 1. The van der Waals surface area contributed by atoms with Gasteiger partial charge in [0.25, 0.3) is 0 Å². The Hall–Kier alpha value is -1.02. The summed E-state index contributed by atoms with van der Waals surface area (Å²) >= 11 is 0.